The molecule has 0 amide bonds. The van der Waals surface area contributed by atoms with E-state index in [-0.39, 0.29) is 0 Å². The molecule has 1 aromatic rings. The van der Waals surface area contributed by atoms with Gasteiger partial charge in [-0.15, -0.1) is 0 Å². The fourth-order valence-electron chi connectivity index (χ4n) is 4.00. The van der Waals surface area contributed by atoms with E-state index >= 15 is 0 Å². The minimum Gasteiger partial charge on any atom is -0.329 e. The van der Waals surface area contributed by atoms with E-state index in [2.05, 4.69) is 30.0 Å². The van der Waals surface area contributed by atoms with Gasteiger partial charge in [-0.1, -0.05) is 25.1 Å². The Balaban J connectivity index is 1.79. The maximum Gasteiger partial charge on any atom is 0.0284 e. The first-order chi connectivity index (χ1) is 9.79. The summed E-state index contributed by atoms with van der Waals surface area (Å²) < 4.78 is 0. The highest BCUT2D eigenvalue weighted by Gasteiger charge is 2.27. The molecular formula is C18H28N2. The van der Waals surface area contributed by atoms with E-state index in [1.165, 1.54) is 57.2 Å². The molecule has 0 spiro atoms. The minimum atomic E-state index is 0.513. The summed E-state index contributed by atoms with van der Waals surface area (Å²) >= 11 is 0. The van der Waals surface area contributed by atoms with Gasteiger partial charge in [0.05, 0.1) is 0 Å². The summed E-state index contributed by atoms with van der Waals surface area (Å²) in [5, 5.41) is 0. The number of rotatable bonds is 4. The summed E-state index contributed by atoms with van der Waals surface area (Å²) in [4.78, 5) is 2.60. The summed E-state index contributed by atoms with van der Waals surface area (Å²) in [6.07, 6.45) is 7.95. The Bertz CT molecular complexity index is 449. The Morgan fingerprint density at radius 1 is 1.05 bits per heavy atom. The molecule has 110 valence electrons. The molecule has 3 rings (SSSR count). The number of likely N-dealkylation sites (tertiary alicyclic amines) is 1. The van der Waals surface area contributed by atoms with E-state index in [1.807, 2.05) is 0 Å². The van der Waals surface area contributed by atoms with Crippen molar-refractivity contribution in [1.82, 2.24) is 4.90 Å². The number of hydrogen-bond donors (Lipinski definition) is 1. The second-order valence-electron chi connectivity index (χ2n) is 6.57. The zero-order valence-electron chi connectivity index (χ0n) is 12.8. The van der Waals surface area contributed by atoms with Crippen LogP contribution in [0, 0.1) is 0 Å². The van der Waals surface area contributed by atoms with Crippen LogP contribution in [-0.4, -0.2) is 30.6 Å². The Kier molecular flexibility index (Phi) is 4.42. The van der Waals surface area contributed by atoms with Gasteiger partial charge in [0.15, 0.2) is 0 Å². The Hall–Kier alpha value is -0.860. The van der Waals surface area contributed by atoms with Gasteiger partial charge in [0.25, 0.3) is 0 Å². The molecule has 0 saturated carbocycles. The monoisotopic (exact) mass is 272 g/mol. The van der Waals surface area contributed by atoms with Crippen molar-refractivity contribution in [2.45, 2.75) is 57.4 Å². The SMILES string of the molecule is CC(c1ccc2c(c1)CCCC2)C(CN)N1CCCC1. The van der Waals surface area contributed by atoms with Crippen molar-refractivity contribution in [3.63, 3.8) is 0 Å². The lowest BCUT2D eigenvalue weighted by Gasteiger charge is -2.32. The van der Waals surface area contributed by atoms with Crippen LogP contribution >= 0.6 is 0 Å². The Morgan fingerprint density at radius 2 is 1.75 bits per heavy atom. The summed E-state index contributed by atoms with van der Waals surface area (Å²) in [5.41, 5.74) is 10.8. The molecule has 0 bridgehead atoms. The van der Waals surface area contributed by atoms with Crippen LogP contribution in [-0.2, 0) is 12.8 Å². The van der Waals surface area contributed by atoms with E-state index in [1.54, 1.807) is 11.1 Å². The predicted molar refractivity (Wildman–Crippen MR) is 85.1 cm³/mol. The Morgan fingerprint density at radius 3 is 2.45 bits per heavy atom. The summed E-state index contributed by atoms with van der Waals surface area (Å²) in [5.74, 6) is 0.547. The van der Waals surface area contributed by atoms with Gasteiger partial charge >= 0.3 is 0 Å². The maximum absolute atomic E-state index is 6.09. The molecule has 0 radical (unpaired) electrons. The molecule has 20 heavy (non-hydrogen) atoms. The average molecular weight is 272 g/mol. The molecule has 1 aliphatic carbocycles. The van der Waals surface area contributed by atoms with Crippen LogP contribution in [0.2, 0.25) is 0 Å². The second kappa shape index (κ2) is 6.28. The maximum atomic E-state index is 6.09. The van der Waals surface area contributed by atoms with E-state index in [0.29, 0.717) is 12.0 Å². The van der Waals surface area contributed by atoms with E-state index < -0.39 is 0 Å². The molecule has 2 heteroatoms. The normalized spacial score (nSPS) is 22.5. The van der Waals surface area contributed by atoms with Gasteiger partial charge in [0.2, 0.25) is 0 Å². The van der Waals surface area contributed by atoms with Crippen molar-refractivity contribution >= 4 is 0 Å². The van der Waals surface area contributed by atoms with Crippen LogP contribution in [0.4, 0.5) is 0 Å². The van der Waals surface area contributed by atoms with Crippen molar-refractivity contribution in [2.24, 2.45) is 5.73 Å². The van der Waals surface area contributed by atoms with E-state index in [4.69, 9.17) is 5.73 Å². The molecule has 1 heterocycles. The third-order valence-electron chi connectivity index (χ3n) is 5.33. The number of aryl methyl sites for hydroxylation is 2. The molecular weight excluding hydrogens is 244 g/mol. The van der Waals surface area contributed by atoms with E-state index in [9.17, 15) is 0 Å². The van der Waals surface area contributed by atoms with Gasteiger partial charge in [-0.05, 0) is 74.2 Å². The number of benzene rings is 1. The largest absolute Gasteiger partial charge is 0.329 e. The molecule has 1 aromatic carbocycles. The highest BCUT2D eigenvalue weighted by atomic mass is 15.2. The van der Waals surface area contributed by atoms with Gasteiger partial charge in [0.1, 0.15) is 0 Å². The lowest BCUT2D eigenvalue weighted by Crippen LogP contribution is -2.42. The average Bonchev–Trinajstić information content (AvgIpc) is 3.01. The van der Waals surface area contributed by atoms with E-state index in [0.717, 1.165) is 6.54 Å². The fraction of sp³-hybridized carbons (Fsp3) is 0.667. The molecule has 2 atom stereocenters. The fourth-order valence-corrected chi connectivity index (χ4v) is 4.00. The van der Waals surface area contributed by atoms with Gasteiger partial charge in [-0.2, -0.15) is 0 Å². The predicted octanol–water partition coefficient (Wildman–Crippen LogP) is 3.09. The van der Waals surface area contributed by atoms with Gasteiger partial charge in [-0.3, -0.25) is 4.90 Å². The lowest BCUT2D eigenvalue weighted by molar-refractivity contribution is 0.221. The van der Waals surface area contributed by atoms with Crippen LogP contribution in [0.1, 0.15) is 55.2 Å². The molecule has 2 aliphatic rings. The molecule has 0 aromatic heterocycles. The van der Waals surface area contributed by atoms with Crippen molar-refractivity contribution in [2.75, 3.05) is 19.6 Å². The van der Waals surface area contributed by atoms with Crippen LogP contribution in [0.25, 0.3) is 0 Å². The number of fused-ring (bicyclic) bond motifs is 1. The lowest BCUT2D eigenvalue weighted by atomic mass is 9.85. The minimum absolute atomic E-state index is 0.513. The van der Waals surface area contributed by atoms with Crippen molar-refractivity contribution in [3.8, 4) is 0 Å². The number of nitrogens with two attached hydrogens (primary N) is 1. The standard InChI is InChI=1S/C18H28N2/c1-14(18(13-19)20-10-4-5-11-20)16-9-8-15-6-2-3-7-17(15)12-16/h8-9,12,14,18H,2-7,10-11,13,19H2,1H3. The quantitative estimate of drug-likeness (QED) is 0.912. The Labute approximate surface area is 123 Å². The highest BCUT2D eigenvalue weighted by Crippen LogP contribution is 2.29. The first-order valence-corrected chi connectivity index (χ1v) is 8.35. The first-order valence-electron chi connectivity index (χ1n) is 8.35. The molecule has 2 N–H and O–H groups in total. The molecule has 1 fully saturated rings. The molecule has 1 saturated heterocycles. The number of nitrogens with zero attached hydrogens (tertiary/aromatic N) is 1. The van der Waals surface area contributed by atoms with Crippen molar-refractivity contribution < 1.29 is 0 Å². The van der Waals surface area contributed by atoms with Crippen molar-refractivity contribution in [1.29, 1.82) is 0 Å². The molecule has 2 nitrogen and oxygen atoms in total. The second-order valence-corrected chi connectivity index (χ2v) is 6.57. The van der Waals surface area contributed by atoms with Crippen LogP contribution in [0.3, 0.4) is 0 Å². The third kappa shape index (κ3) is 2.77. The summed E-state index contributed by atoms with van der Waals surface area (Å²) in [6, 6.07) is 7.71. The van der Waals surface area contributed by atoms with Gasteiger partial charge in [-0.25, -0.2) is 0 Å². The smallest absolute Gasteiger partial charge is 0.0284 e. The third-order valence-corrected chi connectivity index (χ3v) is 5.33. The first kappa shape index (κ1) is 14.1. The van der Waals surface area contributed by atoms with Crippen molar-refractivity contribution in [3.05, 3.63) is 34.9 Å². The van der Waals surface area contributed by atoms with Crippen LogP contribution in [0.15, 0.2) is 18.2 Å². The number of hydrogen-bond acceptors (Lipinski definition) is 2. The van der Waals surface area contributed by atoms with Crippen LogP contribution in [0.5, 0.6) is 0 Å². The molecule has 2 unspecified atom stereocenters. The molecule has 1 aliphatic heterocycles. The summed E-state index contributed by atoms with van der Waals surface area (Å²) in [7, 11) is 0. The zero-order valence-corrected chi connectivity index (χ0v) is 12.8. The zero-order chi connectivity index (χ0) is 13.9. The summed E-state index contributed by atoms with van der Waals surface area (Å²) in [6.45, 7) is 5.60. The highest BCUT2D eigenvalue weighted by molar-refractivity contribution is 5.35. The van der Waals surface area contributed by atoms with Gasteiger partial charge < -0.3 is 5.73 Å². The van der Waals surface area contributed by atoms with Gasteiger partial charge in [0, 0.05) is 12.6 Å². The topological polar surface area (TPSA) is 29.3 Å². The van der Waals surface area contributed by atoms with Crippen LogP contribution < -0.4 is 5.73 Å².